The molecule has 0 aromatic carbocycles. The highest BCUT2D eigenvalue weighted by Crippen LogP contribution is 2.32. The van der Waals surface area contributed by atoms with Crippen molar-refractivity contribution in [2.45, 2.75) is 50.7 Å². The first-order chi connectivity index (χ1) is 13.3. The molecular formula is C18H27N7O2. The maximum atomic E-state index is 9.98. The van der Waals surface area contributed by atoms with Gasteiger partial charge in [0.15, 0.2) is 11.6 Å². The van der Waals surface area contributed by atoms with Crippen molar-refractivity contribution in [2.75, 3.05) is 49.1 Å². The zero-order valence-corrected chi connectivity index (χ0v) is 15.6. The van der Waals surface area contributed by atoms with Crippen molar-refractivity contribution in [3.8, 4) is 0 Å². The van der Waals surface area contributed by atoms with Crippen molar-refractivity contribution in [3.05, 3.63) is 0 Å². The van der Waals surface area contributed by atoms with Gasteiger partial charge in [-0.3, -0.25) is 4.90 Å². The fourth-order valence-electron chi connectivity index (χ4n) is 4.73. The number of hydrogen-bond donors (Lipinski definition) is 1. The Balaban J connectivity index is 1.35. The van der Waals surface area contributed by atoms with E-state index < -0.39 is 0 Å². The maximum Gasteiger partial charge on any atom is 0.245 e. The number of likely N-dealkylation sites (tertiary alicyclic amines) is 1. The molecule has 2 aromatic heterocycles. The van der Waals surface area contributed by atoms with E-state index in [1.54, 1.807) is 0 Å². The lowest BCUT2D eigenvalue weighted by Crippen LogP contribution is -2.50. The lowest BCUT2D eigenvalue weighted by Gasteiger charge is -2.42. The Morgan fingerprint density at radius 1 is 0.778 bits per heavy atom. The minimum Gasteiger partial charge on any atom is -0.392 e. The third-order valence-electron chi connectivity index (χ3n) is 6.19. The summed E-state index contributed by atoms with van der Waals surface area (Å²) in [5.74, 6) is 1.83. The van der Waals surface area contributed by atoms with E-state index in [1.807, 2.05) is 0 Å². The van der Waals surface area contributed by atoms with Gasteiger partial charge in [0.05, 0.1) is 6.10 Å². The molecule has 3 saturated heterocycles. The number of aliphatic hydroxyl groups excluding tert-OH is 1. The predicted molar refractivity (Wildman–Crippen MR) is 101 cm³/mol. The molecule has 5 heterocycles. The smallest absolute Gasteiger partial charge is 0.245 e. The van der Waals surface area contributed by atoms with Gasteiger partial charge in [0, 0.05) is 38.8 Å². The Morgan fingerprint density at radius 2 is 1.41 bits per heavy atom. The summed E-state index contributed by atoms with van der Waals surface area (Å²) in [5.41, 5.74) is 0.965. The number of rotatable bonds is 3. The second-order valence-electron chi connectivity index (χ2n) is 7.99. The van der Waals surface area contributed by atoms with Crippen LogP contribution in [0.2, 0.25) is 0 Å². The summed E-state index contributed by atoms with van der Waals surface area (Å²) in [6, 6.07) is 0.553. The Kier molecular flexibility index (Phi) is 4.56. The maximum absolute atomic E-state index is 9.98. The van der Waals surface area contributed by atoms with Crippen LogP contribution < -0.4 is 9.80 Å². The number of β-amino-alcohol motifs (C(OH)–C–C–N with tert-alkyl or cyclic N) is 1. The van der Waals surface area contributed by atoms with Crippen molar-refractivity contribution in [3.63, 3.8) is 0 Å². The fraction of sp³-hybridized carbons (Fsp3) is 0.778. The van der Waals surface area contributed by atoms with Crippen molar-refractivity contribution in [1.29, 1.82) is 0 Å². The van der Waals surface area contributed by atoms with Crippen LogP contribution in [0.5, 0.6) is 0 Å². The molecule has 0 radical (unpaired) electrons. The van der Waals surface area contributed by atoms with Crippen molar-refractivity contribution >= 4 is 22.9 Å². The van der Waals surface area contributed by atoms with Gasteiger partial charge in [0.2, 0.25) is 11.3 Å². The number of fused-ring (bicyclic) bond motifs is 1. The quantitative estimate of drug-likeness (QED) is 0.846. The summed E-state index contributed by atoms with van der Waals surface area (Å²) in [4.78, 5) is 16.6. The molecule has 0 amide bonds. The molecule has 3 aliphatic heterocycles. The highest BCUT2D eigenvalue weighted by Gasteiger charge is 2.31. The average molecular weight is 373 g/mol. The third-order valence-corrected chi connectivity index (χ3v) is 6.19. The Morgan fingerprint density at radius 3 is 2.04 bits per heavy atom. The van der Waals surface area contributed by atoms with Crippen LogP contribution in [0.25, 0.3) is 11.3 Å². The van der Waals surface area contributed by atoms with Gasteiger partial charge in [0.25, 0.3) is 0 Å². The summed E-state index contributed by atoms with van der Waals surface area (Å²) in [6.45, 7) is 5.85. The molecule has 0 saturated carbocycles. The molecule has 0 aliphatic carbocycles. The number of anilines is 2. The lowest BCUT2D eigenvalue weighted by atomic mass is 9.99. The van der Waals surface area contributed by atoms with Gasteiger partial charge in [-0.15, -0.1) is 0 Å². The molecule has 0 spiro atoms. The molecule has 1 atom stereocenters. The SMILES string of the molecule is OC1CCCN(C2CCN(c3nc4nonc4nc3N3CCCC3)CC2)C1. The second-order valence-corrected chi connectivity index (χ2v) is 7.99. The molecule has 1 unspecified atom stereocenters. The molecule has 9 heteroatoms. The monoisotopic (exact) mass is 373 g/mol. The predicted octanol–water partition coefficient (Wildman–Crippen LogP) is 1.04. The Labute approximate surface area is 158 Å². The molecule has 146 valence electrons. The summed E-state index contributed by atoms with van der Waals surface area (Å²) in [7, 11) is 0. The molecule has 5 rings (SSSR count). The van der Waals surface area contributed by atoms with E-state index in [0.717, 1.165) is 76.6 Å². The normalized spacial score (nSPS) is 25.6. The van der Waals surface area contributed by atoms with Crippen LogP contribution in [0.3, 0.4) is 0 Å². The van der Waals surface area contributed by atoms with Gasteiger partial charge in [-0.05, 0) is 55.4 Å². The van der Waals surface area contributed by atoms with Crippen molar-refractivity contribution in [1.82, 2.24) is 25.2 Å². The number of nitrogens with zero attached hydrogens (tertiary/aromatic N) is 7. The van der Waals surface area contributed by atoms with Crippen LogP contribution in [0.15, 0.2) is 4.63 Å². The van der Waals surface area contributed by atoms with E-state index in [2.05, 4.69) is 25.0 Å². The molecule has 2 aromatic rings. The van der Waals surface area contributed by atoms with Crippen LogP contribution in [-0.2, 0) is 0 Å². The van der Waals surface area contributed by atoms with Crippen LogP contribution in [0.1, 0.15) is 38.5 Å². The van der Waals surface area contributed by atoms with Gasteiger partial charge in [-0.1, -0.05) is 0 Å². The first-order valence-corrected chi connectivity index (χ1v) is 10.2. The van der Waals surface area contributed by atoms with Gasteiger partial charge in [-0.25, -0.2) is 14.6 Å². The summed E-state index contributed by atoms with van der Waals surface area (Å²) >= 11 is 0. The topological polar surface area (TPSA) is 94.6 Å². The van der Waals surface area contributed by atoms with Crippen LogP contribution in [0, 0.1) is 0 Å². The van der Waals surface area contributed by atoms with Crippen molar-refractivity contribution < 1.29 is 9.74 Å². The minimum absolute atomic E-state index is 0.161. The highest BCUT2D eigenvalue weighted by molar-refractivity contribution is 5.75. The number of aromatic nitrogens is 4. The molecule has 3 aliphatic rings. The second kappa shape index (κ2) is 7.20. The molecule has 3 fully saturated rings. The van der Waals surface area contributed by atoms with Gasteiger partial charge < -0.3 is 14.9 Å². The van der Waals surface area contributed by atoms with E-state index in [1.165, 1.54) is 12.8 Å². The molecule has 1 N–H and O–H groups in total. The summed E-state index contributed by atoms with van der Waals surface area (Å²) < 4.78 is 4.84. The standard InChI is InChI=1S/C18H27N7O2/c26-14-4-3-9-25(12-14)13-5-10-24(11-6-13)18-17(23-7-1-2-8-23)19-15-16(20-18)22-27-21-15/h13-14,26H,1-12H2. The van der Waals surface area contributed by atoms with Crippen LogP contribution >= 0.6 is 0 Å². The summed E-state index contributed by atoms with van der Waals surface area (Å²) in [6.07, 6.45) is 6.43. The largest absolute Gasteiger partial charge is 0.392 e. The van der Waals surface area contributed by atoms with E-state index in [9.17, 15) is 5.11 Å². The first kappa shape index (κ1) is 17.1. The lowest BCUT2D eigenvalue weighted by molar-refractivity contribution is 0.0398. The minimum atomic E-state index is -0.161. The molecule has 9 nitrogen and oxygen atoms in total. The number of hydrogen-bond acceptors (Lipinski definition) is 9. The number of piperidine rings is 2. The zero-order valence-electron chi connectivity index (χ0n) is 15.6. The Bertz CT molecular complexity index is 783. The van der Waals surface area contributed by atoms with E-state index >= 15 is 0 Å². The first-order valence-electron chi connectivity index (χ1n) is 10.2. The Hall–Kier alpha value is -2.00. The fourth-order valence-corrected chi connectivity index (χ4v) is 4.73. The van der Waals surface area contributed by atoms with E-state index in [-0.39, 0.29) is 6.10 Å². The van der Waals surface area contributed by atoms with Crippen LogP contribution in [0.4, 0.5) is 11.6 Å². The highest BCUT2D eigenvalue weighted by atomic mass is 16.6. The average Bonchev–Trinajstić information content (AvgIpc) is 3.38. The van der Waals surface area contributed by atoms with Crippen LogP contribution in [-0.4, -0.2) is 81.7 Å². The molecule has 27 heavy (non-hydrogen) atoms. The van der Waals surface area contributed by atoms with E-state index in [4.69, 9.17) is 14.6 Å². The van der Waals surface area contributed by atoms with Gasteiger partial charge >= 0.3 is 0 Å². The molecule has 0 bridgehead atoms. The third kappa shape index (κ3) is 3.34. The van der Waals surface area contributed by atoms with Gasteiger partial charge in [-0.2, -0.15) is 0 Å². The number of aliphatic hydroxyl groups is 1. The van der Waals surface area contributed by atoms with Gasteiger partial charge in [0.1, 0.15) is 0 Å². The zero-order chi connectivity index (χ0) is 18.2. The van der Waals surface area contributed by atoms with Crippen molar-refractivity contribution in [2.24, 2.45) is 0 Å². The van der Waals surface area contributed by atoms with E-state index in [0.29, 0.717) is 17.3 Å². The molecular weight excluding hydrogens is 346 g/mol. The summed E-state index contributed by atoms with van der Waals surface area (Å²) in [5, 5.41) is 17.8.